The number of nitrogens with zero attached hydrogens (tertiary/aromatic N) is 2. The van der Waals surface area contributed by atoms with E-state index in [1.54, 1.807) is 11.3 Å². The Hall–Kier alpha value is 0.0600. The summed E-state index contributed by atoms with van der Waals surface area (Å²) >= 11 is 5.22. The second-order valence-electron chi connectivity index (χ2n) is 3.88. The summed E-state index contributed by atoms with van der Waals surface area (Å²) < 4.78 is 1.21. The standard InChI is InChI=1S/C10H16BrN3S/c1-13-2-4-14(5-3-13)12-7-9-6-10(11)15-8-9/h6,8,12H,2-5,7H2,1H3. The van der Waals surface area contributed by atoms with Gasteiger partial charge in [0.15, 0.2) is 0 Å². The second-order valence-corrected chi connectivity index (χ2v) is 6.17. The molecule has 0 spiro atoms. The zero-order valence-corrected chi connectivity index (χ0v) is 11.3. The summed E-state index contributed by atoms with van der Waals surface area (Å²) in [5.41, 5.74) is 4.82. The van der Waals surface area contributed by atoms with Gasteiger partial charge in [0.1, 0.15) is 0 Å². The van der Waals surface area contributed by atoms with Crippen LogP contribution in [-0.2, 0) is 6.54 Å². The van der Waals surface area contributed by atoms with Gasteiger partial charge in [0.25, 0.3) is 0 Å². The highest BCUT2D eigenvalue weighted by Gasteiger charge is 2.12. The van der Waals surface area contributed by atoms with Crippen LogP contribution in [0.3, 0.4) is 0 Å². The molecule has 1 N–H and O–H groups in total. The Labute approximate surface area is 103 Å². The lowest BCUT2D eigenvalue weighted by molar-refractivity contribution is 0.102. The van der Waals surface area contributed by atoms with Gasteiger partial charge in [-0.1, -0.05) is 0 Å². The van der Waals surface area contributed by atoms with Crippen LogP contribution in [0.15, 0.2) is 15.2 Å². The van der Waals surface area contributed by atoms with Crippen molar-refractivity contribution in [3.8, 4) is 0 Å². The molecule has 1 saturated heterocycles. The smallest absolute Gasteiger partial charge is 0.0701 e. The predicted octanol–water partition coefficient (Wildman–Crippen LogP) is 1.76. The largest absolute Gasteiger partial charge is 0.304 e. The Bertz CT molecular complexity index is 307. The Morgan fingerprint density at radius 1 is 1.40 bits per heavy atom. The molecule has 84 valence electrons. The van der Waals surface area contributed by atoms with Gasteiger partial charge < -0.3 is 4.90 Å². The summed E-state index contributed by atoms with van der Waals surface area (Å²) in [6.45, 7) is 5.47. The highest BCUT2D eigenvalue weighted by molar-refractivity contribution is 9.11. The minimum Gasteiger partial charge on any atom is -0.304 e. The Kier molecular flexibility index (Phi) is 4.16. The monoisotopic (exact) mass is 289 g/mol. The van der Waals surface area contributed by atoms with Gasteiger partial charge in [-0.2, -0.15) is 0 Å². The van der Waals surface area contributed by atoms with Gasteiger partial charge in [-0.3, -0.25) is 5.43 Å². The van der Waals surface area contributed by atoms with Gasteiger partial charge in [0.05, 0.1) is 3.79 Å². The van der Waals surface area contributed by atoms with Gasteiger partial charge in [-0.25, -0.2) is 5.01 Å². The molecule has 3 nitrogen and oxygen atoms in total. The Morgan fingerprint density at radius 3 is 2.73 bits per heavy atom. The van der Waals surface area contributed by atoms with Crippen LogP contribution in [0, 0.1) is 0 Å². The van der Waals surface area contributed by atoms with E-state index in [9.17, 15) is 0 Å². The molecule has 1 aliphatic heterocycles. The molecule has 1 aromatic heterocycles. The fourth-order valence-corrected chi connectivity index (χ4v) is 2.82. The third kappa shape index (κ3) is 3.53. The molecule has 1 aromatic rings. The molecule has 1 fully saturated rings. The SMILES string of the molecule is CN1CCN(NCc2csc(Br)c2)CC1. The van der Waals surface area contributed by atoms with Crippen LogP contribution in [0.2, 0.25) is 0 Å². The van der Waals surface area contributed by atoms with Crippen LogP contribution in [0.1, 0.15) is 5.56 Å². The van der Waals surface area contributed by atoms with E-state index in [-0.39, 0.29) is 0 Å². The first-order chi connectivity index (χ1) is 7.24. The number of hydrogen-bond donors (Lipinski definition) is 1. The third-order valence-electron chi connectivity index (χ3n) is 2.63. The number of likely N-dealkylation sites (N-methyl/N-ethyl adjacent to an activating group) is 1. The molecule has 0 unspecified atom stereocenters. The summed E-state index contributed by atoms with van der Waals surface area (Å²) in [7, 11) is 2.17. The van der Waals surface area contributed by atoms with Crippen LogP contribution < -0.4 is 5.43 Å². The maximum absolute atomic E-state index is 3.48. The lowest BCUT2D eigenvalue weighted by atomic mass is 10.3. The zero-order chi connectivity index (χ0) is 10.7. The average molecular weight is 290 g/mol. The van der Waals surface area contributed by atoms with Crippen LogP contribution in [0.5, 0.6) is 0 Å². The summed E-state index contributed by atoms with van der Waals surface area (Å²) in [5.74, 6) is 0. The van der Waals surface area contributed by atoms with Crippen LogP contribution in [-0.4, -0.2) is 43.1 Å². The molecule has 0 amide bonds. The normalized spacial score (nSPS) is 19.6. The van der Waals surface area contributed by atoms with Crippen molar-refractivity contribution in [2.24, 2.45) is 0 Å². The fraction of sp³-hybridized carbons (Fsp3) is 0.600. The van der Waals surface area contributed by atoms with E-state index in [0.29, 0.717) is 0 Å². The lowest BCUT2D eigenvalue weighted by Gasteiger charge is -2.32. The molecule has 2 heterocycles. The Morgan fingerprint density at radius 2 is 2.13 bits per heavy atom. The molecule has 5 heteroatoms. The van der Waals surface area contributed by atoms with E-state index in [4.69, 9.17) is 0 Å². The van der Waals surface area contributed by atoms with E-state index in [1.807, 2.05) is 0 Å². The van der Waals surface area contributed by atoms with Crippen molar-refractivity contribution in [2.45, 2.75) is 6.54 Å². The van der Waals surface area contributed by atoms with Crippen LogP contribution in [0.25, 0.3) is 0 Å². The van der Waals surface area contributed by atoms with Crippen molar-refractivity contribution in [3.63, 3.8) is 0 Å². The molecule has 0 radical (unpaired) electrons. The van der Waals surface area contributed by atoms with Crippen LogP contribution in [0.4, 0.5) is 0 Å². The first-order valence-electron chi connectivity index (χ1n) is 5.14. The van der Waals surface area contributed by atoms with Crippen molar-refractivity contribution in [1.82, 2.24) is 15.3 Å². The molecule has 15 heavy (non-hydrogen) atoms. The molecular formula is C10H16BrN3S. The highest BCUT2D eigenvalue weighted by Crippen LogP contribution is 2.20. The van der Waals surface area contributed by atoms with Gasteiger partial charge in [-0.05, 0) is 40.0 Å². The van der Waals surface area contributed by atoms with Crippen molar-refractivity contribution in [1.29, 1.82) is 0 Å². The third-order valence-corrected chi connectivity index (χ3v) is 4.19. The molecule has 0 atom stereocenters. The maximum atomic E-state index is 3.48. The highest BCUT2D eigenvalue weighted by atomic mass is 79.9. The van der Waals surface area contributed by atoms with E-state index in [2.05, 4.69) is 49.8 Å². The lowest BCUT2D eigenvalue weighted by Crippen LogP contribution is -2.50. The molecule has 0 saturated carbocycles. The van der Waals surface area contributed by atoms with Crippen LogP contribution >= 0.6 is 27.3 Å². The van der Waals surface area contributed by atoms with Crippen molar-refractivity contribution in [2.75, 3.05) is 33.2 Å². The number of thiophene rings is 1. The minimum absolute atomic E-state index is 0.936. The molecule has 0 bridgehead atoms. The van der Waals surface area contributed by atoms with Gasteiger partial charge in [-0.15, -0.1) is 11.3 Å². The van der Waals surface area contributed by atoms with Crippen molar-refractivity contribution >= 4 is 27.3 Å². The second kappa shape index (κ2) is 5.41. The molecule has 0 aliphatic carbocycles. The molecule has 1 aliphatic rings. The number of nitrogens with one attached hydrogen (secondary N) is 1. The molecule has 0 aromatic carbocycles. The number of halogens is 1. The van der Waals surface area contributed by atoms with Gasteiger partial charge >= 0.3 is 0 Å². The van der Waals surface area contributed by atoms with E-state index < -0.39 is 0 Å². The quantitative estimate of drug-likeness (QED) is 0.915. The average Bonchev–Trinajstić information content (AvgIpc) is 2.64. The first kappa shape index (κ1) is 11.5. The van der Waals surface area contributed by atoms with Gasteiger partial charge in [0, 0.05) is 32.7 Å². The topological polar surface area (TPSA) is 18.5 Å². The first-order valence-corrected chi connectivity index (χ1v) is 6.81. The predicted molar refractivity (Wildman–Crippen MR) is 67.9 cm³/mol. The number of hydrazine groups is 1. The number of rotatable bonds is 3. The summed E-state index contributed by atoms with van der Waals surface area (Å²) in [6, 6.07) is 2.17. The van der Waals surface area contributed by atoms with Crippen molar-refractivity contribution < 1.29 is 0 Å². The van der Waals surface area contributed by atoms with Gasteiger partial charge in [0.2, 0.25) is 0 Å². The molecular weight excluding hydrogens is 274 g/mol. The summed E-state index contributed by atoms with van der Waals surface area (Å²) in [4.78, 5) is 2.36. The Balaban J connectivity index is 1.74. The zero-order valence-electron chi connectivity index (χ0n) is 8.87. The van der Waals surface area contributed by atoms with E-state index in [0.717, 1.165) is 32.7 Å². The maximum Gasteiger partial charge on any atom is 0.0701 e. The van der Waals surface area contributed by atoms with E-state index in [1.165, 1.54) is 9.35 Å². The minimum atomic E-state index is 0.936. The fourth-order valence-electron chi connectivity index (χ4n) is 1.61. The summed E-state index contributed by atoms with van der Waals surface area (Å²) in [5, 5.41) is 4.50. The molecule has 2 rings (SSSR count). The number of piperazine rings is 1. The number of hydrogen-bond acceptors (Lipinski definition) is 4. The summed E-state index contributed by atoms with van der Waals surface area (Å²) in [6.07, 6.45) is 0. The van der Waals surface area contributed by atoms with E-state index >= 15 is 0 Å². The van der Waals surface area contributed by atoms with Crippen molar-refractivity contribution in [3.05, 3.63) is 20.8 Å².